The molecule has 3 aromatic rings. The summed E-state index contributed by atoms with van der Waals surface area (Å²) >= 11 is 0. The van der Waals surface area contributed by atoms with Crippen LogP contribution in [-0.2, 0) is 0 Å². The molecule has 0 saturated carbocycles. The third kappa shape index (κ3) is 3.87. The van der Waals surface area contributed by atoms with Crippen molar-refractivity contribution in [2.24, 2.45) is 0 Å². The van der Waals surface area contributed by atoms with Crippen molar-refractivity contribution < 1.29 is 14.2 Å². The molecule has 0 unspecified atom stereocenters. The molecule has 2 N–H and O–H groups in total. The summed E-state index contributed by atoms with van der Waals surface area (Å²) in [5, 5.41) is 6.50. The topological polar surface area (TPSA) is 77.5 Å². The third-order valence-corrected chi connectivity index (χ3v) is 4.02. The first-order valence-corrected chi connectivity index (χ1v) is 8.64. The van der Waals surface area contributed by atoms with Gasteiger partial charge in [-0.15, -0.1) is 0 Å². The molecular formula is C20H20N4O3. The fourth-order valence-electron chi connectivity index (χ4n) is 2.82. The van der Waals surface area contributed by atoms with Gasteiger partial charge in [0.25, 0.3) is 0 Å². The highest BCUT2D eigenvalue weighted by molar-refractivity contribution is 5.66. The molecule has 0 amide bonds. The zero-order chi connectivity index (χ0) is 18.6. The molecule has 0 bridgehead atoms. The zero-order valence-electron chi connectivity index (χ0n) is 15.2. The van der Waals surface area contributed by atoms with E-state index in [1.165, 1.54) is 0 Å². The lowest BCUT2D eigenvalue weighted by Crippen LogP contribution is -2.15. The summed E-state index contributed by atoms with van der Waals surface area (Å²) in [6.07, 6.45) is 0. The van der Waals surface area contributed by atoms with Crippen molar-refractivity contribution in [2.45, 2.75) is 6.92 Å². The van der Waals surface area contributed by atoms with Gasteiger partial charge in [0.1, 0.15) is 24.8 Å². The van der Waals surface area contributed by atoms with Crippen molar-refractivity contribution in [3.8, 4) is 17.2 Å². The number of rotatable bonds is 5. The van der Waals surface area contributed by atoms with Crippen LogP contribution in [0.4, 0.5) is 23.1 Å². The van der Waals surface area contributed by atoms with Gasteiger partial charge in [0.15, 0.2) is 11.5 Å². The van der Waals surface area contributed by atoms with E-state index >= 15 is 0 Å². The van der Waals surface area contributed by atoms with Gasteiger partial charge < -0.3 is 24.8 Å². The van der Waals surface area contributed by atoms with Gasteiger partial charge in [-0.25, -0.2) is 4.98 Å². The summed E-state index contributed by atoms with van der Waals surface area (Å²) in [4.78, 5) is 9.01. The standard InChI is InChI=1S/C20H20N4O3/c1-13-11-19(23-15-5-3-4-6-16(15)25-2)24-20(21-13)22-14-7-8-17-18(12-14)27-10-9-26-17/h3-8,11-12H,9-10H2,1-2H3,(H2,21,22,23,24). The Hall–Kier alpha value is -3.48. The van der Waals surface area contributed by atoms with E-state index in [-0.39, 0.29) is 0 Å². The average molecular weight is 364 g/mol. The summed E-state index contributed by atoms with van der Waals surface area (Å²) in [5.74, 6) is 3.37. The molecule has 7 heteroatoms. The summed E-state index contributed by atoms with van der Waals surface area (Å²) in [6.45, 7) is 3.03. The second-order valence-corrected chi connectivity index (χ2v) is 6.03. The lowest BCUT2D eigenvalue weighted by molar-refractivity contribution is 0.171. The molecule has 0 spiro atoms. The number of benzene rings is 2. The Morgan fingerprint density at radius 2 is 1.74 bits per heavy atom. The number of hydrogen-bond acceptors (Lipinski definition) is 7. The van der Waals surface area contributed by atoms with E-state index in [0.717, 1.165) is 28.6 Å². The molecule has 0 atom stereocenters. The van der Waals surface area contributed by atoms with Gasteiger partial charge in [0, 0.05) is 23.5 Å². The molecule has 2 aromatic carbocycles. The maximum atomic E-state index is 5.62. The van der Waals surface area contributed by atoms with Crippen LogP contribution in [0.5, 0.6) is 17.2 Å². The van der Waals surface area contributed by atoms with Crippen molar-refractivity contribution in [3.05, 3.63) is 54.2 Å². The maximum Gasteiger partial charge on any atom is 0.229 e. The largest absolute Gasteiger partial charge is 0.495 e. The number of hydrogen-bond donors (Lipinski definition) is 2. The average Bonchev–Trinajstić information content (AvgIpc) is 2.68. The van der Waals surface area contributed by atoms with E-state index in [2.05, 4.69) is 20.6 Å². The number of aryl methyl sites for hydroxylation is 1. The van der Waals surface area contributed by atoms with Gasteiger partial charge >= 0.3 is 0 Å². The Morgan fingerprint density at radius 1 is 0.926 bits per heavy atom. The second-order valence-electron chi connectivity index (χ2n) is 6.03. The first-order chi connectivity index (χ1) is 13.2. The van der Waals surface area contributed by atoms with Crippen LogP contribution in [0.2, 0.25) is 0 Å². The lowest BCUT2D eigenvalue weighted by atomic mass is 10.2. The zero-order valence-corrected chi connectivity index (χ0v) is 15.2. The fourth-order valence-corrected chi connectivity index (χ4v) is 2.82. The van der Waals surface area contributed by atoms with Gasteiger partial charge in [-0.05, 0) is 31.2 Å². The Bertz CT molecular complexity index is 962. The molecule has 4 rings (SSSR count). The summed E-state index contributed by atoms with van der Waals surface area (Å²) < 4.78 is 16.6. The minimum atomic E-state index is 0.490. The highest BCUT2D eigenvalue weighted by Gasteiger charge is 2.13. The van der Waals surface area contributed by atoms with Gasteiger partial charge in [0.05, 0.1) is 12.8 Å². The number of anilines is 4. The number of fused-ring (bicyclic) bond motifs is 1. The normalized spacial score (nSPS) is 12.4. The molecule has 7 nitrogen and oxygen atoms in total. The van der Waals surface area contributed by atoms with Crippen LogP contribution < -0.4 is 24.8 Å². The Balaban J connectivity index is 1.57. The van der Waals surface area contributed by atoms with Crippen molar-refractivity contribution >= 4 is 23.1 Å². The first kappa shape index (κ1) is 17.0. The van der Waals surface area contributed by atoms with Crippen LogP contribution in [0.3, 0.4) is 0 Å². The molecule has 1 aliphatic heterocycles. The van der Waals surface area contributed by atoms with Crippen molar-refractivity contribution in [2.75, 3.05) is 31.0 Å². The van der Waals surface area contributed by atoms with Crippen LogP contribution in [0.25, 0.3) is 0 Å². The number of ether oxygens (including phenoxy) is 3. The number of methoxy groups -OCH3 is 1. The molecule has 0 saturated heterocycles. The minimum Gasteiger partial charge on any atom is -0.495 e. The molecule has 138 valence electrons. The fraction of sp³-hybridized carbons (Fsp3) is 0.200. The number of nitrogens with one attached hydrogen (secondary N) is 2. The molecule has 0 fully saturated rings. The summed E-state index contributed by atoms with van der Waals surface area (Å²) in [5.41, 5.74) is 2.50. The van der Waals surface area contributed by atoms with Gasteiger partial charge in [-0.1, -0.05) is 12.1 Å². The van der Waals surface area contributed by atoms with Crippen molar-refractivity contribution in [1.82, 2.24) is 9.97 Å². The molecule has 0 aliphatic carbocycles. The number of para-hydroxylation sites is 2. The highest BCUT2D eigenvalue weighted by atomic mass is 16.6. The van der Waals surface area contributed by atoms with Crippen molar-refractivity contribution in [3.63, 3.8) is 0 Å². The molecule has 0 radical (unpaired) electrons. The van der Waals surface area contributed by atoms with E-state index in [1.807, 2.05) is 55.5 Å². The van der Waals surface area contributed by atoms with E-state index in [9.17, 15) is 0 Å². The van der Waals surface area contributed by atoms with E-state index < -0.39 is 0 Å². The molecule has 1 aromatic heterocycles. The minimum absolute atomic E-state index is 0.490. The highest BCUT2D eigenvalue weighted by Crippen LogP contribution is 2.33. The van der Waals surface area contributed by atoms with Gasteiger partial charge in [0.2, 0.25) is 5.95 Å². The number of nitrogens with zero attached hydrogens (tertiary/aromatic N) is 2. The summed E-state index contributed by atoms with van der Waals surface area (Å²) in [7, 11) is 1.64. The molecule has 1 aliphatic rings. The monoisotopic (exact) mass is 364 g/mol. The van der Waals surface area contributed by atoms with Crippen LogP contribution in [0.15, 0.2) is 48.5 Å². The SMILES string of the molecule is COc1ccccc1Nc1cc(C)nc(Nc2ccc3c(c2)OCCO3)n1. The predicted molar refractivity (Wildman–Crippen MR) is 104 cm³/mol. The third-order valence-electron chi connectivity index (χ3n) is 4.02. The Morgan fingerprint density at radius 3 is 2.59 bits per heavy atom. The Kier molecular flexibility index (Phi) is 4.65. The smallest absolute Gasteiger partial charge is 0.229 e. The number of aromatic nitrogens is 2. The van der Waals surface area contributed by atoms with Crippen molar-refractivity contribution in [1.29, 1.82) is 0 Å². The molecule has 2 heterocycles. The first-order valence-electron chi connectivity index (χ1n) is 8.64. The van der Waals surface area contributed by atoms with E-state index in [1.54, 1.807) is 7.11 Å². The predicted octanol–water partition coefficient (Wildman–Crippen LogP) is 4.05. The summed E-state index contributed by atoms with van der Waals surface area (Å²) in [6, 6.07) is 15.2. The van der Waals surface area contributed by atoms with Gasteiger partial charge in [-0.3, -0.25) is 0 Å². The van der Waals surface area contributed by atoms with Gasteiger partial charge in [-0.2, -0.15) is 4.98 Å². The lowest BCUT2D eigenvalue weighted by Gasteiger charge is -2.19. The maximum absolute atomic E-state index is 5.62. The second kappa shape index (κ2) is 7.41. The molecule has 27 heavy (non-hydrogen) atoms. The van der Waals surface area contributed by atoms with E-state index in [0.29, 0.717) is 30.7 Å². The van der Waals surface area contributed by atoms with Crippen LogP contribution in [0.1, 0.15) is 5.69 Å². The van der Waals surface area contributed by atoms with Crippen LogP contribution >= 0.6 is 0 Å². The van der Waals surface area contributed by atoms with E-state index in [4.69, 9.17) is 14.2 Å². The Labute approximate surface area is 157 Å². The molecular weight excluding hydrogens is 344 g/mol. The van der Waals surface area contributed by atoms with Crippen LogP contribution in [0, 0.1) is 6.92 Å². The van der Waals surface area contributed by atoms with Crippen LogP contribution in [-0.4, -0.2) is 30.3 Å². The quantitative estimate of drug-likeness (QED) is 0.707.